The predicted octanol–water partition coefficient (Wildman–Crippen LogP) is 1.86. The molecule has 0 spiro atoms. The lowest BCUT2D eigenvalue weighted by atomic mass is 10.2. The third-order valence-corrected chi connectivity index (χ3v) is 5.82. The minimum atomic E-state index is -0.724. The molecular weight excluding hydrogens is 424 g/mol. The molecule has 1 aliphatic heterocycles. The van der Waals surface area contributed by atoms with Crippen molar-refractivity contribution in [1.82, 2.24) is 20.0 Å². The lowest BCUT2D eigenvalue weighted by Crippen LogP contribution is -2.34. The molecule has 0 saturated carbocycles. The van der Waals surface area contributed by atoms with Gasteiger partial charge in [-0.3, -0.25) is 10.1 Å². The first-order valence-electron chi connectivity index (χ1n) is 9.65. The summed E-state index contributed by atoms with van der Waals surface area (Å²) in [5.41, 5.74) is 0.669. The molecule has 3 aromatic heterocycles. The molecular formula is C19H22N6O5S. The van der Waals surface area contributed by atoms with Gasteiger partial charge in [0, 0.05) is 31.6 Å². The number of nitrogens with zero attached hydrogens (tertiary/aromatic N) is 5. The summed E-state index contributed by atoms with van der Waals surface area (Å²) in [6, 6.07) is 3.44. The van der Waals surface area contributed by atoms with Crippen molar-refractivity contribution in [3.8, 4) is 10.9 Å². The van der Waals surface area contributed by atoms with E-state index in [0.29, 0.717) is 17.4 Å². The fourth-order valence-electron chi connectivity index (χ4n) is 3.58. The molecule has 4 heterocycles. The quantitative estimate of drug-likeness (QED) is 0.579. The maximum atomic E-state index is 12.8. The molecule has 3 aromatic rings. The average Bonchev–Trinajstić information content (AvgIpc) is 3.49. The van der Waals surface area contributed by atoms with Gasteiger partial charge in [-0.25, -0.2) is 9.48 Å². The molecule has 0 bridgehead atoms. The fourth-order valence-corrected chi connectivity index (χ4v) is 4.34. The molecule has 0 unspecified atom stereocenters. The third-order valence-electron chi connectivity index (χ3n) is 5.01. The Balaban J connectivity index is 1.60. The van der Waals surface area contributed by atoms with Gasteiger partial charge in [0.15, 0.2) is 5.76 Å². The van der Waals surface area contributed by atoms with Crippen molar-refractivity contribution in [3.05, 3.63) is 40.2 Å². The van der Waals surface area contributed by atoms with Gasteiger partial charge in [-0.2, -0.15) is 5.10 Å². The van der Waals surface area contributed by atoms with Crippen LogP contribution in [0.25, 0.3) is 5.13 Å². The van der Waals surface area contributed by atoms with Crippen molar-refractivity contribution in [2.24, 2.45) is 0 Å². The summed E-state index contributed by atoms with van der Waals surface area (Å²) >= 11 is 1.15. The van der Waals surface area contributed by atoms with E-state index in [1.165, 1.54) is 13.2 Å². The van der Waals surface area contributed by atoms with Gasteiger partial charge in [0.25, 0.3) is 5.91 Å². The molecule has 1 amide bonds. The van der Waals surface area contributed by atoms with Gasteiger partial charge in [-0.1, -0.05) is 11.3 Å². The number of amides is 1. The van der Waals surface area contributed by atoms with Crippen molar-refractivity contribution in [2.75, 3.05) is 37.6 Å². The van der Waals surface area contributed by atoms with Crippen LogP contribution in [0.3, 0.4) is 0 Å². The predicted molar refractivity (Wildman–Crippen MR) is 113 cm³/mol. The van der Waals surface area contributed by atoms with Crippen molar-refractivity contribution < 1.29 is 18.7 Å². The summed E-state index contributed by atoms with van der Waals surface area (Å²) in [7, 11) is 3.03. The van der Waals surface area contributed by atoms with Gasteiger partial charge < -0.3 is 18.8 Å². The number of hydrogen-bond acceptors (Lipinski definition) is 10. The minimum absolute atomic E-state index is 0.0620. The normalized spacial score (nSPS) is 16.0. The van der Waals surface area contributed by atoms with Crippen LogP contribution in [0.2, 0.25) is 0 Å². The molecule has 0 radical (unpaired) electrons. The largest absolute Gasteiger partial charge is 0.488 e. The number of nitrogens with one attached hydrogen (secondary N) is 1. The Kier molecular flexibility index (Phi) is 6.00. The van der Waals surface area contributed by atoms with Crippen LogP contribution < -0.4 is 20.6 Å². The van der Waals surface area contributed by atoms with Gasteiger partial charge in [0.1, 0.15) is 0 Å². The number of rotatable bonds is 7. The standard InChI is InChI=1S/C19H22N6O5S/c1-11-6-7-20-25(11)19-23-22-18(31-19)21-16(26)14-9-13(15(29-3)17(27)30-14)24-8-4-5-12(24)10-28-2/h6-7,9,12H,4-5,8,10H2,1-3H3,(H,21,22,26)/t12-/m0/s1. The van der Waals surface area contributed by atoms with Crippen LogP contribution in [-0.2, 0) is 4.74 Å². The van der Waals surface area contributed by atoms with E-state index in [-0.39, 0.29) is 22.7 Å². The highest BCUT2D eigenvalue weighted by atomic mass is 32.1. The second-order valence-corrected chi connectivity index (χ2v) is 7.95. The molecule has 4 rings (SSSR count). The molecule has 11 nitrogen and oxygen atoms in total. The van der Waals surface area contributed by atoms with Crippen LogP contribution in [0.4, 0.5) is 10.8 Å². The zero-order chi connectivity index (χ0) is 22.0. The van der Waals surface area contributed by atoms with E-state index < -0.39 is 11.5 Å². The number of anilines is 2. The summed E-state index contributed by atoms with van der Waals surface area (Å²) in [5, 5.41) is 15.6. The van der Waals surface area contributed by atoms with E-state index in [1.807, 2.05) is 17.9 Å². The smallest absolute Gasteiger partial charge is 0.381 e. The van der Waals surface area contributed by atoms with Crippen molar-refractivity contribution in [3.63, 3.8) is 0 Å². The highest BCUT2D eigenvalue weighted by molar-refractivity contribution is 7.17. The Hall–Kier alpha value is -3.25. The van der Waals surface area contributed by atoms with Crippen LogP contribution in [0, 0.1) is 6.92 Å². The topological polar surface area (TPSA) is 125 Å². The molecule has 164 valence electrons. The first-order chi connectivity index (χ1) is 15.0. The van der Waals surface area contributed by atoms with Crippen LogP contribution in [0.15, 0.2) is 27.5 Å². The Labute approximate surface area is 181 Å². The Bertz CT molecular complexity index is 1140. The Morgan fingerprint density at radius 2 is 2.23 bits per heavy atom. The Morgan fingerprint density at radius 3 is 2.94 bits per heavy atom. The molecule has 1 N–H and O–H groups in total. The van der Waals surface area contributed by atoms with E-state index in [0.717, 1.165) is 36.4 Å². The first kappa shape index (κ1) is 21.0. The van der Waals surface area contributed by atoms with Crippen LogP contribution in [-0.4, -0.2) is 59.3 Å². The number of hydrogen-bond donors (Lipinski definition) is 1. The summed E-state index contributed by atoms with van der Waals surface area (Å²) in [6.45, 7) is 3.11. The maximum absolute atomic E-state index is 12.8. The lowest BCUT2D eigenvalue weighted by molar-refractivity contribution is 0.0991. The summed E-state index contributed by atoms with van der Waals surface area (Å²) in [5.74, 6) is -0.689. The van der Waals surface area contributed by atoms with E-state index in [2.05, 4.69) is 20.6 Å². The molecule has 1 atom stereocenters. The van der Waals surface area contributed by atoms with Gasteiger partial charge in [-0.05, 0) is 25.8 Å². The van der Waals surface area contributed by atoms with Crippen LogP contribution >= 0.6 is 11.3 Å². The number of methoxy groups -OCH3 is 2. The number of aromatic nitrogens is 4. The zero-order valence-electron chi connectivity index (χ0n) is 17.3. The lowest BCUT2D eigenvalue weighted by Gasteiger charge is -2.27. The Morgan fingerprint density at radius 1 is 1.39 bits per heavy atom. The molecule has 31 heavy (non-hydrogen) atoms. The average molecular weight is 446 g/mol. The SMILES string of the molecule is COC[C@@H]1CCCN1c1cc(C(=O)Nc2nnc(-n3nccc3C)s2)oc(=O)c1OC. The van der Waals surface area contributed by atoms with Crippen molar-refractivity contribution in [1.29, 1.82) is 0 Å². The van der Waals surface area contributed by atoms with Crippen molar-refractivity contribution >= 4 is 28.1 Å². The second-order valence-electron chi connectivity index (χ2n) is 6.99. The van der Waals surface area contributed by atoms with E-state index in [9.17, 15) is 9.59 Å². The fraction of sp³-hybridized carbons (Fsp3) is 0.421. The highest BCUT2D eigenvalue weighted by Crippen LogP contribution is 2.32. The summed E-state index contributed by atoms with van der Waals surface area (Å²) in [6.07, 6.45) is 3.51. The molecule has 0 aromatic carbocycles. The van der Waals surface area contributed by atoms with Gasteiger partial charge >= 0.3 is 5.63 Å². The van der Waals surface area contributed by atoms with Crippen molar-refractivity contribution in [2.45, 2.75) is 25.8 Å². The van der Waals surface area contributed by atoms with Gasteiger partial charge in [0.05, 0.1) is 25.4 Å². The number of carbonyl (C=O) groups is 1. The van der Waals surface area contributed by atoms with E-state index in [4.69, 9.17) is 13.9 Å². The maximum Gasteiger partial charge on any atom is 0.381 e. The first-order valence-corrected chi connectivity index (χ1v) is 10.5. The van der Waals surface area contributed by atoms with Crippen LogP contribution in [0.1, 0.15) is 29.1 Å². The third kappa shape index (κ3) is 4.16. The number of aryl methyl sites for hydroxylation is 1. The summed E-state index contributed by atoms with van der Waals surface area (Å²) < 4.78 is 17.4. The van der Waals surface area contributed by atoms with E-state index in [1.54, 1.807) is 18.0 Å². The number of carbonyl (C=O) groups excluding carboxylic acids is 1. The monoisotopic (exact) mass is 446 g/mol. The molecule has 1 aliphatic rings. The summed E-state index contributed by atoms with van der Waals surface area (Å²) in [4.78, 5) is 27.3. The molecule has 0 aliphatic carbocycles. The van der Waals surface area contributed by atoms with Crippen LogP contribution in [0.5, 0.6) is 5.75 Å². The number of ether oxygens (including phenoxy) is 2. The minimum Gasteiger partial charge on any atom is -0.488 e. The molecule has 12 heteroatoms. The molecule has 1 fully saturated rings. The zero-order valence-corrected chi connectivity index (χ0v) is 18.1. The van der Waals surface area contributed by atoms with Gasteiger partial charge in [-0.15, -0.1) is 10.2 Å². The van der Waals surface area contributed by atoms with E-state index >= 15 is 0 Å². The highest BCUT2D eigenvalue weighted by Gasteiger charge is 2.30. The second kappa shape index (κ2) is 8.86. The van der Waals surface area contributed by atoms with Gasteiger partial charge in [0.2, 0.25) is 16.0 Å². The molecule has 1 saturated heterocycles.